The molecule has 3 nitrogen and oxygen atoms in total. The number of fused-ring (bicyclic) bond motifs is 1. The molecule has 122 valence electrons. The number of hydrogen-bond acceptors (Lipinski definition) is 2. The number of carboxylic acid groups (broad SMARTS) is 1. The van der Waals surface area contributed by atoms with Crippen LogP contribution in [0.15, 0.2) is 0 Å². The molecule has 1 aliphatic heterocycles. The fraction of sp³-hybridized carbons (Fsp3) is 0.944. The van der Waals surface area contributed by atoms with Crippen LogP contribution >= 0.6 is 0 Å². The number of likely N-dealkylation sites (tertiary alicyclic amines) is 1. The monoisotopic (exact) mass is 295 g/mol. The lowest BCUT2D eigenvalue weighted by Gasteiger charge is -2.51. The van der Waals surface area contributed by atoms with Gasteiger partial charge in [-0.25, -0.2) is 0 Å². The Morgan fingerprint density at radius 3 is 2.48 bits per heavy atom. The molecular formula is C18H33NO2. The van der Waals surface area contributed by atoms with Crippen LogP contribution in [0.4, 0.5) is 0 Å². The van der Waals surface area contributed by atoms with E-state index in [2.05, 4.69) is 25.7 Å². The first-order valence-electron chi connectivity index (χ1n) is 9.08. The molecule has 21 heavy (non-hydrogen) atoms. The van der Waals surface area contributed by atoms with Crippen molar-refractivity contribution in [2.24, 2.45) is 11.8 Å². The Balaban J connectivity index is 2.19. The molecular weight excluding hydrogens is 262 g/mol. The second kappa shape index (κ2) is 7.62. The van der Waals surface area contributed by atoms with Crippen LogP contribution in [0.3, 0.4) is 0 Å². The van der Waals surface area contributed by atoms with Crippen molar-refractivity contribution < 1.29 is 9.90 Å². The predicted octanol–water partition coefficient (Wildman–Crippen LogP) is 4.31. The third kappa shape index (κ3) is 3.80. The van der Waals surface area contributed by atoms with Crippen molar-refractivity contribution in [3.05, 3.63) is 0 Å². The van der Waals surface area contributed by atoms with E-state index in [4.69, 9.17) is 0 Å². The van der Waals surface area contributed by atoms with Crippen LogP contribution in [0.25, 0.3) is 0 Å². The van der Waals surface area contributed by atoms with Gasteiger partial charge in [-0.15, -0.1) is 0 Å². The van der Waals surface area contributed by atoms with Crippen LogP contribution in [0.1, 0.15) is 78.6 Å². The summed E-state index contributed by atoms with van der Waals surface area (Å²) in [4.78, 5) is 14.2. The zero-order valence-electron chi connectivity index (χ0n) is 14.1. The van der Waals surface area contributed by atoms with Crippen molar-refractivity contribution in [2.75, 3.05) is 0 Å². The normalized spacial score (nSPS) is 33.2. The quantitative estimate of drug-likeness (QED) is 0.794. The Kier molecular flexibility index (Phi) is 6.09. The minimum Gasteiger partial charge on any atom is -0.480 e. The molecule has 1 heterocycles. The average Bonchev–Trinajstić information content (AvgIpc) is 2.51. The number of piperidine rings is 1. The number of carboxylic acids is 1. The van der Waals surface area contributed by atoms with Crippen LogP contribution in [-0.2, 0) is 4.79 Å². The summed E-state index contributed by atoms with van der Waals surface area (Å²) in [5.41, 5.74) is 0. The zero-order chi connectivity index (χ0) is 15.4. The summed E-state index contributed by atoms with van der Waals surface area (Å²) in [6, 6.07) is 0.743. The van der Waals surface area contributed by atoms with Crippen molar-refractivity contribution in [2.45, 2.75) is 96.7 Å². The molecule has 0 bridgehead atoms. The van der Waals surface area contributed by atoms with Crippen LogP contribution in [-0.4, -0.2) is 34.1 Å². The summed E-state index contributed by atoms with van der Waals surface area (Å²) < 4.78 is 0. The summed E-state index contributed by atoms with van der Waals surface area (Å²) in [5, 5.41) is 9.69. The highest BCUT2D eigenvalue weighted by molar-refractivity contribution is 5.73. The standard InChI is InChI=1S/C18H33NO2/c1-4-13(3)12-15(5-2)19-16-9-7-6-8-14(16)10-11-17(19)18(20)21/h13-17H,4-12H2,1-3H3,(H,20,21). The van der Waals surface area contributed by atoms with Crippen molar-refractivity contribution in [1.29, 1.82) is 0 Å². The molecule has 0 radical (unpaired) electrons. The van der Waals surface area contributed by atoms with Gasteiger partial charge in [0.2, 0.25) is 0 Å². The lowest BCUT2D eigenvalue weighted by Crippen LogP contribution is -2.59. The topological polar surface area (TPSA) is 40.5 Å². The first kappa shape index (κ1) is 16.8. The number of nitrogens with zero attached hydrogens (tertiary/aromatic N) is 1. The van der Waals surface area contributed by atoms with Gasteiger partial charge in [0.1, 0.15) is 6.04 Å². The number of hydrogen-bond donors (Lipinski definition) is 1. The molecule has 2 rings (SSSR count). The molecule has 3 heteroatoms. The Bertz CT molecular complexity index is 344. The average molecular weight is 295 g/mol. The summed E-state index contributed by atoms with van der Waals surface area (Å²) >= 11 is 0. The summed E-state index contributed by atoms with van der Waals surface area (Å²) in [5.74, 6) is 0.843. The lowest BCUT2D eigenvalue weighted by molar-refractivity contribution is -0.151. The molecule has 1 saturated carbocycles. The van der Waals surface area contributed by atoms with Gasteiger partial charge in [0, 0.05) is 12.1 Å². The molecule has 0 spiro atoms. The van der Waals surface area contributed by atoms with E-state index in [1.54, 1.807) is 0 Å². The third-order valence-corrected chi connectivity index (χ3v) is 5.97. The molecule has 2 aliphatic rings. The smallest absolute Gasteiger partial charge is 0.320 e. The van der Waals surface area contributed by atoms with Crippen molar-refractivity contribution >= 4 is 5.97 Å². The number of rotatable bonds is 6. The molecule has 0 aromatic carbocycles. The van der Waals surface area contributed by atoms with E-state index in [1.165, 1.54) is 32.1 Å². The van der Waals surface area contributed by atoms with E-state index >= 15 is 0 Å². The highest BCUT2D eigenvalue weighted by Crippen LogP contribution is 2.40. The van der Waals surface area contributed by atoms with Gasteiger partial charge in [-0.05, 0) is 50.4 Å². The molecule has 1 aliphatic carbocycles. The summed E-state index contributed by atoms with van der Waals surface area (Å²) in [7, 11) is 0. The maximum Gasteiger partial charge on any atom is 0.320 e. The number of aliphatic carboxylic acids is 1. The van der Waals surface area contributed by atoms with Gasteiger partial charge in [0.25, 0.3) is 0 Å². The maximum absolute atomic E-state index is 11.8. The fourth-order valence-corrected chi connectivity index (χ4v) is 4.58. The molecule has 0 aromatic rings. The minimum absolute atomic E-state index is 0.238. The van der Waals surface area contributed by atoms with E-state index in [0.29, 0.717) is 18.0 Å². The third-order valence-electron chi connectivity index (χ3n) is 5.97. The molecule has 0 amide bonds. The Hall–Kier alpha value is -0.570. The van der Waals surface area contributed by atoms with E-state index < -0.39 is 5.97 Å². The summed E-state index contributed by atoms with van der Waals surface area (Å²) in [6.45, 7) is 6.78. The van der Waals surface area contributed by atoms with Crippen molar-refractivity contribution in [1.82, 2.24) is 4.90 Å². The highest BCUT2D eigenvalue weighted by atomic mass is 16.4. The second-order valence-electron chi connectivity index (χ2n) is 7.30. The molecule has 5 atom stereocenters. The van der Waals surface area contributed by atoms with Crippen LogP contribution in [0, 0.1) is 11.8 Å². The van der Waals surface area contributed by atoms with Crippen molar-refractivity contribution in [3.63, 3.8) is 0 Å². The molecule has 1 saturated heterocycles. The SMILES string of the molecule is CCC(C)CC(CC)N1C(C(=O)O)CCC2CCCCC21. The van der Waals surface area contributed by atoms with Crippen molar-refractivity contribution in [3.8, 4) is 0 Å². The van der Waals surface area contributed by atoms with Gasteiger partial charge < -0.3 is 5.11 Å². The number of carbonyl (C=O) groups is 1. The zero-order valence-corrected chi connectivity index (χ0v) is 14.1. The van der Waals surface area contributed by atoms with Crippen LogP contribution in [0.5, 0.6) is 0 Å². The second-order valence-corrected chi connectivity index (χ2v) is 7.30. The highest BCUT2D eigenvalue weighted by Gasteiger charge is 2.43. The largest absolute Gasteiger partial charge is 0.480 e. The fourth-order valence-electron chi connectivity index (χ4n) is 4.58. The van der Waals surface area contributed by atoms with Crippen LogP contribution < -0.4 is 0 Å². The van der Waals surface area contributed by atoms with Crippen LogP contribution in [0.2, 0.25) is 0 Å². The van der Waals surface area contributed by atoms with E-state index in [0.717, 1.165) is 31.6 Å². The Labute approximate surface area is 130 Å². The molecule has 1 N–H and O–H groups in total. The van der Waals surface area contributed by atoms with Gasteiger partial charge in [-0.1, -0.05) is 40.0 Å². The van der Waals surface area contributed by atoms with Gasteiger partial charge in [-0.2, -0.15) is 0 Å². The first-order chi connectivity index (χ1) is 10.1. The molecule has 0 aromatic heterocycles. The Morgan fingerprint density at radius 2 is 1.86 bits per heavy atom. The van der Waals surface area contributed by atoms with Gasteiger partial charge in [0.05, 0.1) is 0 Å². The lowest BCUT2D eigenvalue weighted by atomic mass is 9.75. The van der Waals surface area contributed by atoms with Gasteiger partial charge in [0.15, 0.2) is 0 Å². The minimum atomic E-state index is -0.596. The molecule has 5 unspecified atom stereocenters. The first-order valence-corrected chi connectivity index (χ1v) is 9.08. The van der Waals surface area contributed by atoms with E-state index in [9.17, 15) is 9.90 Å². The molecule has 2 fully saturated rings. The van der Waals surface area contributed by atoms with E-state index in [1.807, 2.05) is 0 Å². The van der Waals surface area contributed by atoms with Gasteiger partial charge in [-0.3, -0.25) is 9.69 Å². The Morgan fingerprint density at radius 1 is 1.14 bits per heavy atom. The van der Waals surface area contributed by atoms with E-state index in [-0.39, 0.29) is 6.04 Å². The van der Waals surface area contributed by atoms with Gasteiger partial charge >= 0.3 is 5.97 Å². The predicted molar refractivity (Wildman–Crippen MR) is 86.4 cm³/mol. The maximum atomic E-state index is 11.8. The summed E-state index contributed by atoms with van der Waals surface area (Å²) in [6.07, 6.45) is 10.6.